The molecule has 0 fully saturated rings. The van der Waals surface area contributed by atoms with Crippen molar-refractivity contribution >= 4 is 11.6 Å². The van der Waals surface area contributed by atoms with Crippen molar-refractivity contribution in [2.75, 3.05) is 18.1 Å². The van der Waals surface area contributed by atoms with E-state index < -0.39 is 0 Å². The Morgan fingerprint density at radius 2 is 2.23 bits per heavy atom. The molecular weight excluding hydrogens is 283 g/mol. The quantitative estimate of drug-likeness (QED) is 0.875. The fourth-order valence-electron chi connectivity index (χ4n) is 2.59. The highest BCUT2D eigenvalue weighted by Gasteiger charge is 2.23. The molecule has 0 N–H and O–H groups in total. The zero-order chi connectivity index (χ0) is 15.5. The number of fused-ring (bicyclic) bond motifs is 1. The van der Waals surface area contributed by atoms with E-state index in [0.29, 0.717) is 37.4 Å². The molecule has 0 atom stereocenters. The SMILES string of the molecule is Cc1cncc(CCC(=O)N2CCOc3cc(F)ccc32)c1. The minimum absolute atomic E-state index is 0.0117. The van der Waals surface area contributed by atoms with Crippen molar-refractivity contribution in [1.29, 1.82) is 0 Å². The van der Waals surface area contributed by atoms with Crippen LogP contribution in [0.25, 0.3) is 0 Å². The van der Waals surface area contributed by atoms with Crippen molar-refractivity contribution < 1.29 is 13.9 Å². The number of anilines is 1. The van der Waals surface area contributed by atoms with E-state index in [1.807, 2.05) is 13.0 Å². The Kier molecular flexibility index (Phi) is 4.04. The molecule has 2 aromatic rings. The highest BCUT2D eigenvalue weighted by atomic mass is 19.1. The Morgan fingerprint density at radius 3 is 3.05 bits per heavy atom. The third-order valence-corrected chi connectivity index (χ3v) is 3.65. The highest BCUT2D eigenvalue weighted by molar-refractivity contribution is 5.95. The van der Waals surface area contributed by atoms with Gasteiger partial charge in [0, 0.05) is 24.9 Å². The maximum Gasteiger partial charge on any atom is 0.227 e. The Bertz CT molecular complexity index is 703. The summed E-state index contributed by atoms with van der Waals surface area (Å²) in [5, 5.41) is 0. The Morgan fingerprint density at radius 1 is 1.36 bits per heavy atom. The molecule has 1 aromatic carbocycles. The molecule has 22 heavy (non-hydrogen) atoms. The molecule has 0 bridgehead atoms. The lowest BCUT2D eigenvalue weighted by Gasteiger charge is -2.29. The van der Waals surface area contributed by atoms with Gasteiger partial charge in [0.1, 0.15) is 18.2 Å². The monoisotopic (exact) mass is 300 g/mol. The van der Waals surface area contributed by atoms with Crippen molar-refractivity contribution in [3.8, 4) is 5.75 Å². The first-order valence-electron chi connectivity index (χ1n) is 7.27. The van der Waals surface area contributed by atoms with Crippen LogP contribution < -0.4 is 9.64 Å². The van der Waals surface area contributed by atoms with Gasteiger partial charge in [-0.25, -0.2) is 4.39 Å². The molecule has 5 heteroatoms. The number of hydrogen-bond donors (Lipinski definition) is 0. The van der Waals surface area contributed by atoms with E-state index in [1.165, 1.54) is 12.1 Å². The molecule has 3 rings (SSSR count). The fourth-order valence-corrected chi connectivity index (χ4v) is 2.59. The largest absolute Gasteiger partial charge is 0.489 e. The van der Waals surface area contributed by atoms with Crippen LogP contribution in [0.2, 0.25) is 0 Å². The molecule has 2 heterocycles. The van der Waals surface area contributed by atoms with Gasteiger partial charge in [0.2, 0.25) is 5.91 Å². The fraction of sp³-hybridized carbons (Fsp3) is 0.294. The van der Waals surface area contributed by atoms with Gasteiger partial charge in [0.15, 0.2) is 0 Å². The lowest BCUT2D eigenvalue weighted by Crippen LogP contribution is -2.38. The van der Waals surface area contributed by atoms with Crippen molar-refractivity contribution in [2.45, 2.75) is 19.8 Å². The van der Waals surface area contributed by atoms with Crippen molar-refractivity contribution in [3.63, 3.8) is 0 Å². The number of aromatic nitrogens is 1. The number of carbonyl (C=O) groups excluding carboxylic acids is 1. The van der Waals surface area contributed by atoms with Gasteiger partial charge in [-0.1, -0.05) is 6.07 Å². The second kappa shape index (κ2) is 6.13. The van der Waals surface area contributed by atoms with E-state index in [0.717, 1.165) is 11.1 Å². The number of ether oxygens (including phenoxy) is 1. The van der Waals surface area contributed by atoms with Crippen LogP contribution in [0, 0.1) is 12.7 Å². The highest BCUT2D eigenvalue weighted by Crippen LogP contribution is 2.32. The lowest BCUT2D eigenvalue weighted by molar-refractivity contribution is -0.118. The van der Waals surface area contributed by atoms with E-state index in [1.54, 1.807) is 23.4 Å². The number of hydrogen-bond acceptors (Lipinski definition) is 3. The summed E-state index contributed by atoms with van der Waals surface area (Å²) in [4.78, 5) is 18.3. The van der Waals surface area contributed by atoms with Gasteiger partial charge < -0.3 is 9.64 Å². The minimum atomic E-state index is -0.362. The molecule has 114 valence electrons. The second-order valence-electron chi connectivity index (χ2n) is 5.38. The standard InChI is InChI=1S/C17H17FN2O2/c1-12-8-13(11-19-10-12)2-5-17(21)20-6-7-22-16-9-14(18)3-4-15(16)20/h3-4,8-11H,2,5-7H2,1H3. The average molecular weight is 300 g/mol. The molecule has 0 aliphatic carbocycles. The molecule has 1 aliphatic rings. The van der Waals surface area contributed by atoms with Crippen molar-refractivity contribution in [3.05, 3.63) is 53.6 Å². The number of rotatable bonds is 3. The Hall–Kier alpha value is -2.43. The zero-order valence-corrected chi connectivity index (χ0v) is 12.4. The molecule has 0 radical (unpaired) electrons. The van der Waals surface area contributed by atoms with Crippen LogP contribution in [0.4, 0.5) is 10.1 Å². The van der Waals surface area contributed by atoms with Crippen molar-refractivity contribution in [2.24, 2.45) is 0 Å². The van der Waals surface area contributed by atoms with Crippen LogP contribution in [0.1, 0.15) is 17.5 Å². The molecule has 0 saturated carbocycles. The molecule has 4 nitrogen and oxygen atoms in total. The van der Waals surface area contributed by atoms with Gasteiger partial charge in [-0.15, -0.1) is 0 Å². The van der Waals surface area contributed by atoms with Gasteiger partial charge in [-0.2, -0.15) is 0 Å². The van der Waals surface area contributed by atoms with Crippen molar-refractivity contribution in [1.82, 2.24) is 4.98 Å². The first kappa shape index (κ1) is 14.5. The number of aryl methyl sites for hydroxylation is 2. The molecule has 0 spiro atoms. The van der Waals surface area contributed by atoms with Crippen LogP contribution in [0.5, 0.6) is 5.75 Å². The predicted molar refractivity (Wildman–Crippen MR) is 81.5 cm³/mol. The molecule has 1 aromatic heterocycles. The Balaban J connectivity index is 1.71. The maximum atomic E-state index is 13.2. The molecule has 0 saturated heterocycles. The maximum absolute atomic E-state index is 13.2. The second-order valence-corrected chi connectivity index (χ2v) is 5.38. The van der Waals surface area contributed by atoms with E-state index in [-0.39, 0.29) is 11.7 Å². The zero-order valence-electron chi connectivity index (χ0n) is 12.4. The Labute approximate surface area is 128 Å². The van der Waals surface area contributed by atoms with Crippen LogP contribution in [0.15, 0.2) is 36.7 Å². The summed E-state index contributed by atoms with van der Waals surface area (Å²) in [5.74, 6) is 0.0772. The van der Waals surface area contributed by atoms with Crippen LogP contribution in [-0.2, 0) is 11.2 Å². The first-order chi connectivity index (χ1) is 10.6. The summed E-state index contributed by atoms with van der Waals surface area (Å²) in [6.45, 7) is 2.85. The van der Waals surface area contributed by atoms with Gasteiger partial charge >= 0.3 is 0 Å². The minimum Gasteiger partial charge on any atom is -0.489 e. The van der Waals surface area contributed by atoms with E-state index in [9.17, 15) is 9.18 Å². The number of carbonyl (C=O) groups is 1. The molecular formula is C17H17FN2O2. The summed E-state index contributed by atoms with van der Waals surface area (Å²) < 4.78 is 18.7. The summed E-state index contributed by atoms with van der Waals surface area (Å²) in [7, 11) is 0. The van der Waals surface area contributed by atoms with Gasteiger partial charge in [0.05, 0.1) is 12.2 Å². The third-order valence-electron chi connectivity index (χ3n) is 3.65. The van der Waals surface area contributed by atoms with E-state index in [2.05, 4.69) is 4.98 Å². The van der Waals surface area contributed by atoms with Crippen LogP contribution in [-0.4, -0.2) is 24.0 Å². The number of pyridine rings is 1. The summed E-state index contributed by atoms with van der Waals surface area (Å²) in [5.41, 5.74) is 2.76. The first-order valence-corrected chi connectivity index (χ1v) is 7.27. The number of benzene rings is 1. The summed E-state index contributed by atoms with van der Waals surface area (Å²) in [6, 6.07) is 6.29. The third kappa shape index (κ3) is 3.08. The predicted octanol–water partition coefficient (Wildman–Crippen LogP) is 2.89. The smallest absolute Gasteiger partial charge is 0.227 e. The average Bonchev–Trinajstić information content (AvgIpc) is 2.52. The normalized spacial score (nSPS) is 13.5. The molecule has 1 amide bonds. The topological polar surface area (TPSA) is 42.4 Å². The summed E-state index contributed by atoms with van der Waals surface area (Å²) in [6.07, 6.45) is 4.60. The summed E-state index contributed by atoms with van der Waals surface area (Å²) >= 11 is 0. The lowest BCUT2D eigenvalue weighted by atomic mass is 10.1. The molecule has 1 aliphatic heterocycles. The van der Waals surface area contributed by atoms with Gasteiger partial charge in [-0.3, -0.25) is 9.78 Å². The number of nitrogens with zero attached hydrogens (tertiary/aromatic N) is 2. The number of amides is 1. The van der Waals surface area contributed by atoms with E-state index >= 15 is 0 Å². The molecule has 0 unspecified atom stereocenters. The van der Waals surface area contributed by atoms with Gasteiger partial charge in [-0.05, 0) is 36.6 Å². The van der Waals surface area contributed by atoms with E-state index in [4.69, 9.17) is 4.74 Å². The van der Waals surface area contributed by atoms with Crippen LogP contribution >= 0.6 is 0 Å². The van der Waals surface area contributed by atoms with Crippen LogP contribution in [0.3, 0.4) is 0 Å². The van der Waals surface area contributed by atoms with Gasteiger partial charge in [0.25, 0.3) is 0 Å². The number of halogens is 1.